The first-order chi connectivity index (χ1) is 5.88. The van der Waals surface area contributed by atoms with Crippen LogP contribution >= 0.6 is 0 Å². The van der Waals surface area contributed by atoms with Gasteiger partial charge in [0.25, 0.3) is 0 Å². The first-order valence-electron chi connectivity index (χ1n) is 4.37. The number of hydrogen-bond donors (Lipinski definition) is 0. The monoisotopic (exact) mass is 163 g/mol. The van der Waals surface area contributed by atoms with Gasteiger partial charge in [-0.1, -0.05) is 32.6 Å². The van der Waals surface area contributed by atoms with Crippen molar-refractivity contribution in [3.8, 4) is 0 Å². The fourth-order valence-electron chi connectivity index (χ4n) is 1.03. The van der Waals surface area contributed by atoms with E-state index >= 15 is 0 Å². The lowest BCUT2D eigenvalue weighted by Gasteiger charge is -2.07. The van der Waals surface area contributed by atoms with Gasteiger partial charge >= 0.3 is 0 Å². The van der Waals surface area contributed by atoms with Crippen LogP contribution in [0.4, 0.5) is 0 Å². The number of aliphatic imine (C=N–C) groups is 1. The van der Waals surface area contributed by atoms with Crippen LogP contribution in [0, 0.1) is 0 Å². The average molecular weight is 163 g/mol. The first-order valence-corrected chi connectivity index (χ1v) is 4.37. The summed E-state index contributed by atoms with van der Waals surface area (Å²) in [7, 11) is 0. The smallest absolute Gasteiger partial charge is 0.0651 e. The molecule has 0 radical (unpaired) electrons. The van der Waals surface area contributed by atoms with E-state index in [-0.39, 0.29) is 0 Å². The van der Waals surface area contributed by atoms with E-state index in [1.807, 2.05) is 26.0 Å². The Kier molecular flexibility index (Phi) is 5.98. The molecule has 0 saturated heterocycles. The zero-order chi connectivity index (χ0) is 9.40. The van der Waals surface area contributed by atoms with E-state index in [2.05, 4.69) is 24.4 Å². The average Bonchev–Trinajstić information content (AvgIpc) is 2.20. The molecule has 1 nitrogen and oxygen atoms in total. The number of nitrogens with zero attached hydrogens (tertiary/aromatic N) is 1. The van der Waals surface area contributed by atoms with Crippen molar-refractivity contribution < 1.29 is 0 Å². The van der Waals surface area contributed by atoms with E-state index < -0.39 is 0 Å². The summed E-state index contributed by atoms with van der Waals surface area (Å²) < 4.78 is 0. The Balaban J connectivity index is 0.000000561. The third-order valence-corrected chi connectivity index (χ3v) is 1.60. The second kappa shape index (κ2) is 6.59. The minimum absolute atomic E-state index is 0.973. The minimum atomic E-state index is 0.973. The summed E-state index contributed by atoms with van der Waals surface area (Å²) in [6, 6.07) is 0. The molecular weight excluding hydrogens is 146 g/mol. The number of rotatable bonds is 2. The maximum atomic E-state index is 3.87. The normalized spacial score (nSPS) is 14.8. The molecule has 12 heavy (non-hydrogen) atoms. The SMILES string of the molecule is C=CC1=C(N=C)C=CCC1.CC. The van der Waals surface area contributed by atoms with Gasteiger partial charge in [-0.15, -0.1) is 0 Å². The van der Waals surface area contributed by atoms with Crippen molar-refractivity contribution in [1.29, 1.82) is 0 Å². The van der Waals surface area contributed by atoms with Gasteiger partial charge in [-0.3, -0.25) is 4.99 Å². The van der Waals surface area contributed by atoms with Crippen LogP contribution < -0.4 is 0 Å². The molecule has 0 unspecified atom stereocenters. The summed E-state index contributed by atoms with van der Waals surface area (Å²) in [4.78, 5) is 3.87. The zero-order valence-corrected chi connectivity index (χ0v) is 8.01. The third kappa shape index (κ3) is 2.87. The largest absolute Gasteiger partial charge is 0.264 e. The summed E-state index contributed by atoms with van der Waals surface area (Å²) in [5.41, 5.74) is 2.18. The molecule has 0 heterocycles. The Hall–Kier alpha value is -1.11. The van der Waals surface area contributed by atoms with Gasteiger partial charge in [-0.05, 0) is 31.2 Å². The lowest BCUT2D eigenvalue weighted by Crippen LogP contribution is -1.88. The van der Waals surface area contributed by atoms with Crippen molar-refractivity contribution in [3.05, 3.63) is 36.1 Å². The number of allylic oxidation sites excluding steroid dienone is 4. The van der Waals surface area contributed by atoms with Crippen LogP contribution in [0.3, 0.4) is 0 Å². The molecule has 0 spiro atoms. The molecule has 0 bridgehead atoms. The Morgan fingerprint density at radius 3 is 2.58 bits per heavy atom. The van der Waals surface area contributed by atoms with Gasteiger partial charge < -0.3 is 0 Å². The molecular formula is C11H17N. The molecule has 1 heteroatoms. The molecule has 0 saturated carbocycles. The van der Waals surface area contributed by atoms with E-state index in [1.54, 1.807) is 0 Å². The molecule has 0 fully saturated rings. The van der Waals surface area contributed by atoms with E-state index in [9.17, 15) is 0 Å². The van der Waals surface area contributed by atoms with E-state index in [0.717, 1.165) is 18.5 Å². The molecule has 0 aromatic heterocycles. The maximum Gasteiger partial charge on any atom is 0.0651 e. The van der Waals surface area contributed by atoms with Crippen molar-refractivity contribution in [1.82, 2.24) is 0 Å². The predicted molar refractivity (Wildman–Crippen MR) is 56.5 cm³/mol. The van der Waals surface area contributed by atoms with E-state index in [0.29, 0.717) is 0 Å². The van der Waals surface area contributed by atoms with Gasteiger partial charge in [0.05, 0.1) is 5.70 Å². The van der Waals surface area contributed by atoms with Crippen LogP contribution in [0.5, 0.6) is 0 Å². The Bertz CT molecular complexity index is 209. The fourth-order valence-corrected chi connectivity index (χ4v) is 1.03. The summed E-state index contributed by atoms with van der Waals surface area (Å²) in [6.07, 6.45) is 8.10. The predicted octanol–water partition coefficient (Wildman–Crippen LogP) is 3.50. The summed E-state index contributed by atoms with van der Waals surface area (Å²) in [6.45, 7) is 11.2. The molecule has 1 rings (SSSR count). The Morgan fingerprint density at radius 2 is 2.17 bits per heavy atom. The standard InChI is InChI=1S/C9H11N.C2H6/c1-3-8-6-4-5-7-9(8)10-2;1-2/h3,5,7H,1-2,4,6H2;1-2H3. The highest BCUT2D eigenvalue weighted by atomic mass is 14.7. The highest BCUT2D eigenvalue weighted by Gasteiger charge is 2.01. The summed E-state index contributed by atoms with van der Waals surface area (Å²) in [5.74, 6) is 0. The van der Waals surface area contributed by atoms with E-state index in [4.69, 9.17) is 0 Å². The van der Waals surface area contributed by atoms with Crippen molar-refractivity contribution in [3.63, 3.8) is 0 Å². The quantitative estimate of drug-likeness (QED) is 0.552. The van der Waals surface area contributed by atoms with Gasteiger partial charge in [-0.2, -0.15) is 0 Å². The van der Waals surface area contributed by atoms with Crippen molar-refractivity contribution in [2.75, 3.05) is 0 Å². The number of hydrogen-bond acceptors (Lipinski definition) is 1. The van der Waals surface area contributed by atoms with Gasteiger partial charge in [0.15, 0.2) is 0 Å². The minimum Gasteiger partial charge on any atom is -0.264 e. The molecule has 0 atom stereocenters. The van der Waals surface area contributed by atoms with Crippen LogP contribution in [0.25, 0.3) is 0 Å². The fraction of sp³-hybridized carbons (Fsp3) is 0.364. The van der Waals surface area contributed by atoms with Crippen LogP contribution in [0.1, 0.15) is 26.7 Å². The highest BCUT2D eigenvalue weighted by molar-refractivity contribution is 5.40. The van der Waals surface area contributed by atoms with Crippen LogP contribution in [-0.4, -0.2) is 6.72 Å². The topological polar surface area (TPSA) is 12.4 Å². The van der Waals surface area contributed by atoms with Gasteiger partial charge in [0.2, 0.25) is 0 Å². The van der Waals surface area contributed by atoms with Crippen LogP contribution in [-0.2, 0) is 0 Å². The molecule has 0 N–H and O–H groups in total. The van der Waals surface area contributed by atoms with Crippen molar-refractivity contribution in [2.45, 2.75) is 26.7 Å². The van der Waals surface area contributed by atoms with E-state index in [1.165, 1.54) is 5.57 Å². The molecule has 66 valence electrons. The molecule has 0 aromatic rings. The molecule has 0 aliphatic heterocycles. The van der Waals surface area contributed by atoms with Crippen LogP contribution in [0.2, 0.25) is 0 Å². The second-order valence-electron chi connectivity index (χ2n) is 2.21. The molecule has 0 amide bonds. The Morgan fingerprint density at radius 1 is 1.50 bits per heavy atom. The Labute approximate surface area is 75.2 Å². The van der Waals surface area contributed by atoms with Gasteiger partial charge in [0, 0.05) is 0 Å². The highest BCUT2D eigenvalue weighted by Crippen LogP contribution is 2.19. The third-order valence-electron chi connectivity index (χ3n) is 1.60. The van der Waals surface area contributed by atoms with Crippen molar-refractivity contribution in [2.24, 2.45) is 4.99 Å². The van der Waals surface area contributed by atoms with Crippen molar-refractivity contribution >= 4 is 6.72 Å². The second-order valence-corrected chi connectivity index (χ2v) is 2.21. The molecule has 0 aromatic carbocycles. The molecule has 1 aliphatic carbocycles. The lowest BCUT2D eigenvalue weighted by molar-refractivity contribution is 0.965. The molecule has 1 aliphatic rings. The maximum absolute atomic E-state index is 3.87. The van der Waals surface area contributed by atoms with Gasteiger partial charge in [0.1, 0.15) is 0 Å². The summed E-state index contributed by atoms with van der Waals surface area (Å²) in [5, 5.41) is 0. The van der Waals surface area contributed by atoms with Crippen LogP contribution in [0.15, 0.2) is 41.1 Å². The summed E-state index contributed by atoms with van der Waals surface area (Å²) >= 11 is 0. The lowest BCUT2D eigenvalue weighted by atomic mass is 10.0. The first kappa shape index (κ1) is 10.9. The zero-order valence-electron chi connectivity index (χ0n) is 8.01. The van der Waals surface area contributed by atoms with Gasteiger partial charge in [-0.25, -0.2) is 0 Å².